The van der Waals surface area contributed by atoms with Crippen molar-refractivity contribution in [1.82, 2.24) is 0 Å². The van der Waals surface area contributed by atoms with Crippen molar-refractivity contribution < 1.29 is 0 Å². The highest BCUT2D eigenvalue weighted by molar-refractivity contribution is 9.10. The smallest absolute Gasteiger partial charge is 0.0628 e. The molecule has 1 unspecified atom stereocenters. The van der Waals surface area contributed by atoms with Crippen molar-refractivity contribution >= 4 is 38.9 Å². The van der Waals surface area contributed by atoms with Crippen molar-refractivity contribution in [2.24, 2.45) is 0 Å². The molecule has 0 nitrogen and oxygen atoms in total. The molecule has 0 aliphatic heterocycles. The van der Waals surface area contributed by atoms with Crippen molar-refractivity contribution in [2.45, 2.75) is 18.7 Å². The van der Waals surface area contributed by atoms with Gasteiger partial charge in [-0.2, -0.15) is 11.3 Å². The summed E-state index contributed by atoms with van der Waals surface area (Å²) in [4.78, 5) is 0. The first kappa shape index (κ1) is 12.2. The largest absolute Gasteiger partial charge is 0.152 e. The number of hydrogen-bond donors (Lipinski definition) is 0. The van der Waals surface area contributed by atoms with Gasteiger partial charge in [0.25, 0.3) is 0 Å². The molecule has 1 atom stereocenters. The second-order valence-electron chi connectivity index (χ2n) is 3.80. The average Bonchev–Trinajstić information content (AvgIpc) is 2.74. The summed E-state index contributed by atoms with van der Waals surface area (Å²) >= 11 is 11.7. The normalized spacial score (nSPS) is 12.7. The van der Waals surface area contributed by atoms with Crippen LogP contribution in [0.5, 0.6) is 0 Å². The van der Waals surface area contributed by atoms with Crippen LogP contribution in [-0.2, 0) is 6.42 Å². The number of benzene rings is 1. The van der Waals surface area contributed by atoms with E-state index in [-0.39, 0.29) is 5.38 Å². The minimum Gasteiger partial charge on any atom is -0.152 e. The Kier molecular flexibility index (Phi) is 4.06. The van der Waals surface area contributed by atoms with Gasteiger partial charge >= 0.3 is 0 Å². The van der Waals surface area contributed by atoms with Crippen molar-refractivity contribution in [3.8, 4) is 0 Å². The first-order chi connectivity index (χ1) is 7.66. The molecular weight excluding hydrogens is 304 g/mol. The third-order valence-electron chi connectivity index (χ3n) is 2.57. The second-order valence-corrected chi connectivity index (χ2v) is 6.03. The van der Waals surface area contributed by atoms with Gasteiger partial charge in [-0.25, -0.2) is 0 Å². The molecule has 3 heteroatoms. The highest BCUT2D eigenvalue weighted by Gasteiger charge is 2.12. The molecule has 84 valence electrons. The summed E-state index contributed by atoms with van der Waals surface area (Å²) in [5.41, 5.74) is 3.77. The molecule has 0 bridgehead atoms. The Balaban J connectivity index is 2.20. The first-order valence-electron chi connectivity index (χ1n) is 5.08. The third kappa shape index (κ3) is 2.88. The summed E-state index contributed by atoms with van der Waals surface area (Å²) < 4.78 is 1.09. The van der Waals surface area contributed by atoms with E-state index in [0.717, 1.165) is 10.9 Å². The number of hydrogen-bond acceptors (Lipinski definition) is 1. The lowest BCUT2D eigenvalue weighted by Crippen LogP contribution is -1.97. The topological polar surface area (TPSA) is 0 Å². The van der Waals surface area contributed by atoms with Crippen LogP contribution in [-0.4, -0.2) is 0 Å². The molecule has 1 aromatic heterocycles. The number of rotatable bonds is 3. The summed E-state index contributed by atoms with van der Waals surface area (Å²) in [5, 5.41) is 4.29. The van der Waals surface area contributed by atoms with Gasteiger partial charge in [0.05, 0.1) is 5.38 Å². The van der Waals surface area contributed by atoms with E-state index >= 15 is 0 Å². The zero-order valence-corrected chi connectivity index (χ0v) is 12.1. The van der Waals surface area contributed by atoms with E-state index in [4.69, 9.17) is 11.6 Å². The van der Waals surface area contributed by atoms with Crippen LogP contribution in [0.4, 0.5) is 0 Å². The highest BCUT2D eigenvalue weighted by Crippen LogP contribution is 2.30. The van der Waals surface area contributed by atoms with Gasteiger partial charge in [-0.05, 0) is 59.0 Å². The molecule has 0 radical (unpaired) electrons. The van der Waals surface area contributed by atoms with Gasteiger partial charge < -0.3 is 0 Å². The molecule has 0 spiro atoms. The number of alkyl halides is 1. The van der Waals surface area contributed by atoms with Crippen LogP contribution < -0.4 is 0 Å². The zero-order chi connectivity index (χ0) is 11.5. The number of thiophene rings is 1. The van der Waals surface area contributed by atoms with E-state index in [2.05, 4.69) is 51.8 Å². The van der Waals surface area contributed by atoms with E-state index < -0.39 is 0 Å². The lowest BCUT2D eigenvalue weighted by atomic mass is 10.0. The van der Waals surface area contributed by atoms with Gasteiger partial charge in [-0.1, -0.05) is 22.0 Å². The minimum absolute atomic E-state index is 0.0482. The maximum atomic E-state index is 6.46. The molecule has 0 aliphatic rings. The Morgan fingerprint density at radius 3 is 2.88 bits per heavy atom. The lowest BCUT2D eigenvalue weighted by molar-refractivity contribution is 0.913. The van der Waals surface area contributed by atoms with E-state index in [9.17, 15) is 0 Å². The van der Waals surface area contributed by atoms with E-state index in [0.29, 0.717) is 0 Å². The van der Waals surface area contributed by atoms with Crippen molar-refractivity contribution in [3.05, 3.63) is 56.2 Å². The SMILES string of the molecule is Cc1ccc(Br)cc1C(Cl)Cc1ccsc1. The minimum atomic E-state index is 0.0482. The Labute approximate surface area is 113 Å². The quantitative estimate of drug-likeness (QED) is 0.670. The van der Waals surface area contributed by atoms with Gasteiger partial charge in [0, 0.05) is 4.47 Å². The fourth-order valence-electron chi connectivity index (χ4n) is 1.67. The summed E-state index contributed by atoms with van der Waals surface area (Å²) in [6, 6.07) is 8.39. The molecule has 2 aromatic rings. The van der Waals surface area contributed by atoms with Crippen molar-refractivity contribution in [2.75, 3.05) is 0 Å². The molecule has 1 aromatic carbocycles. The molecule has 0 saturated heterocycles. The maximum Gasteiger partial charge on any atom is 0.0628 e. The molecule has 0 amide bonds. The number of aryl methyl sites for hydroxylation is 1. The van der Waals surface area contributed by atoms with Gasteiger partial charge in [-0.15, -0.1) is 11.6 Å². The highest BCUT2D eigenvalue weighted by atomic mass is 79.9. The van der Waals surface area contributed by atoms with E-state index in [1.165, 1.54) is 16.7 Å². The maximum absolute atomic E-state index is 6.46. The van der Waals surface area contributed by atoms with Gasteiger partial charge in [0.2, 0.25) is 0 Å². The molecule has 0 fully saturated rings. The van der Waals surface area contributed by atoms with Crippen LogP contribution in [0.15, 0.2) is 39.5 Å². The molecule has 0 N–H and O–H groups in total. The monoisotopic (exact) mass is 314 g/mol. The van der Waals surface area contributed by atoms with Crippen LogP contribution in [0.1, 0.15) is 22.1 Å². The second kappa shape index (κ2) is 5.35. The van der Waals surface area contributed by atoms with Gasteiger partial charge in [0.1, 0.15) is 0 Å². The summed E-state index contributed by atoms with van der Waals surface area (Å²) in [5.74, 6) is 0. The Bertz CT molecular complexity index is 465. The Hall–Kier alpha value is -0.310. The number of halogens is 2. The summed E-state index contributed by atoms with van der Waals surface area (Å²) in [6.45, 7) is 2.10. The van der Waals surface area contributed by atoms with Crippen molar-refractivity contribution in [3.63, 3.8) is 0 Å². The van der Waals surface area contributed by atoms with Crippen LogP contribution >= 0.6 is 38.9 Å². The molecular formula is C13H12BrClS. The summed E-state index contributed by atoms with van der Waals surface area (Å²) in [6.07, 6.45) is 0.891. The Morgan fingerprint density at radius 2 is 2.19 bits per heavy atom. The lowest BCUT2D eigenvalue weighted by Gasteiger charge is -2.12. The van der Waals surface area contributed by atoms with E-state index in [1.54, 1.807) is 11.3 Å². The molecule has 0 aliphatic carbocycles. The first-order valence-corrected chi connectivity index (χ1v) is 7.25. The predicted molar refractivity (Wildman–Crippen MR) is 75.5 cm³/mol. The van der Waals surface area contributed by atoms with Gasteiger partial charge in [0.15, 0.2) is 0 Å². The van der Waals surface area contributed by atoms with Gasteiger partial charge in [-0.3, -0.25) is 0 Å². The fourth-order valence-corrected chi connectivity index (χ4v) is 3.15. The predicted octanol–water partition coefficient (Wildman–Crippen LogP) is 5.34. The molecule has 1 heterocycles. The zero-order valence-electron chi connectivity index (χ0n) is 8.91. The van der Waals surface area contributed by atoms with Crippen molar-refractivity contribution in [1.29, 1.82) is 0 Å². The molecule has 0 saturated carbocycles. The third-order valence-corrected chi connectivity index (χ3v) is 4.19. The van der Waals surface area contributed by atoms with E-state index in [1.807, 2.05) is 6.07 Å². The summed E-state index contributed by atoms with van der Waals surface area (Å²) in [7, 11) is 0. The van der Waals surface area contributed by atoms with Crippen LogP contribution in [0, 0.1) is 6.92 Å². The average molecular weight is 316 g/mol. The van der Waals surface area contributed by atoms with Crippen LogP contribution in [0.3, 0.4) is 0 Å². The Morgan fingerprint density at radius 1 is 1.38 bits per heavy atom. The fraction of sp³-hybridized carbons (Fsp3) is 0.231. The molecule has 2 rings (SSSR count). The van der Waals surface area contributed by atoms with Crippen LogP contribution in [0.25, 0.3) is 0 Å². The standard InChI is InChI=1S/C13H12BrClS/c1-9-2-3-11(14)7-12(9)13(15)6-10-4-5-16-8-10/h2-5,7-8,13H,6H2,1H3. The molecule has 16 heavy (non-hydrogen) atoms. The van der Waals surface area contributed by atoms with Crippen LogP contribution in [0.2, 0.25) is 0 Å².